The molecule has 1 aromatic carbocycles. The molecule has 1 atom stereocenters. The largest absolute Gasteiger partial charge is 0.299 e. The van der Waals surface area contributed by atoms with Crippen molar-refractivity contribution in [2.45, 2.75) is 26.3 Å². The van der Waals surface area contributed by atoms with Crippen LogP contribution < -0.4 is 0 Å². The quantitative estimate of drug-likeness (QED) is 0.838. The number of halogens is 1. The van der Waals surface area contributed by atoms with E-state index in [1.54, 1.807) is 12.1 Å². The summed E-state index contributed by atoms with van der Waals surface area (Å²) in [6.45, 7) is 3.82. The number of carbonyl (C=O) groups excluding carboxylic acids is 1. The first-order valence-electron chi connectivity index (χ1n) is 6.58. The molecule has 0 bridgehead atoms. The molecule has 0 amide bonds. The third kappa shape index (κ3) is 2.99. The van der Waals surface area contributed by atoms with Gasteiger partial charge in [0, 0.05) is 37.5 Å². The molecule has 1 aliphatic heterocycles. The smallest absolute Gasteiger partial charge is 0.145 e. The number of nitrogens with zero attached hydrogens (tertiary/aromatic N) is 2. The molecule has 2 rings (SSSR count). The van der Waals surface area contributed by atoms with Crippen molar-refractivity contribution in [2.24, 2.45) is 5.92 Å². The van der Waals surface area contributed by atoms with Crippen LogP contribution in [0, 0.1) is 23.1 Å². The molecule has 1 aromatic rings. The summed E-state index contributed by atoms with van der Waals surface area (Å²) in [5.41, 5.74) is 0.612. The fourth-order valence-electron chi connectivity index (χ4n) is 2.51. The predicted molar refractivity (Wildman–Crippen MR) is 69.8 cm³/mol. The lowest BCUT2D eigenvalue weighted by Gasteiger charge is -2.31. The maximum absolute atomic E-state index is 14.0. The highest BCUT2D eigenvalue weighted by molar-refractivity contribution is 5.82. The Bertz CT molecular complexity index is 521. The van der Waals surface area contributed by atoms with Gasteiger partial charge in [0.2, 0.25) is 0 Å². The van der Waals surface area contributed by atoms with Crippen molar-refractivity contribution < 1.29 is 9.18 Å². The Hall–Kier alpha value is -1.73. The summed E-state index contributed by atoms with van der Waals surface area (Å²) in [7, 11) is 0. The van der Waals surface area contributed by atoms with Gasteiger partial charge in [-0.05, 0) is 12.5 Å². The number of hydrogen-bond acceptors (Lipinski definition) is 3. The van der Waals surface area contributed by atoms with E-state index in [-0.39, 0.29) is 11.5 Å². The molecule has 0 N–H and O–H groups in total. The molecule has 1 heterocycles. The Balaban J connectivity index is 2.10. The van der Waals surface area contributed by atoms with Gasteiger partial charge in [0.25, 0.3) is 0 Å². The van der Waals surface area contributed by atoms with Crippen molar-refractivity contribution in [2.75, 3.05) is 13.1 Å². The van der Waals surface area contributed by atoms with Crippen molar-refractivity contribution in [3.05, 3.63) is 35.1 Å². The lowest BCUT2D eigenvalue weighted by molar-refractivity contribution is -0.126. The van der Waals surface area contributed by atoms with Crippen LogP contribution in [-0.4, -0.2) is 23.8 Å². The molecule has 1 aliphatic rings. The number of rotatable bonds is 3. The lowest BCUT2D eigenvalue weighted by Crippen LogP contribution is -2.40. The third-order valence-electron chi connectivity index (χ3n) is 3.69. The summed E-state index contributed by atoms with van der Waals surface area (Å²) in [4.78, 5) is 13.7. The summed E-state index contributed by atoms with van der Waals surface area (Å²) in [6.07, 6.45) is 1.37. The van der Waals surface area contributed by atoms with Gasteiger partial charge in [-0.3, -0.25) is 9.69 Å². The van der Waals surface area contributed by atoms with E-state index in [4.69, 9.17) is 5.26 Å². The second-order valence-electron chi connectivity index (χ2n) is 4.95. The Labute approximate surface area is 112 Å². The average Bonchev–Trinajstić information content (AvgIpc) is 2.43. The monoisotopic (exact) mass is 260 g/mol. The van der Waals surface area contributed by atoms with E-state index in [2.05, 4.69) is 4.90 Å². The molecule has 1 unspecified atom stereocenters. The van der Waals surface area contributed by atoms with Crippen molar-refractivity contribution in [3.8, 4) is 6.07 Å². The number of carbonyl (C=O) groups is 1. The van der Waals surface area contributed by atoms with Crippen LogP contribution in [0.3, 0.4) is 0 Å². The van der Waals surface area contributed by atoms with Gasteiger partial charge in [-0.25, -0.2) is 4.39 Å². The number of hydrogen-bond donors (Lipinski definition) is 0. The molecule has 0 spiro atoms. The van der Waals surface area contributed by atoms with Crippen molar-refractivity contribution >= 4 is 5.78 Å². The van der Waals surface area contributed by atoms with Crippen LogP contribution in [0.2, 0.25) is 0 Å². The second-order valence-corrected chi connectivity index (χ2v) is 4.95. The Morgan fingerprint density at radius 2 is 2.32 bits per heavy atom. The molecule has 0 aromatic heterocycles. The maximum Gasteiger partial charge on any atom is 0.145 e. The molecule has 0 aliphatic carbocycles. The van der Waals surface area contributed by atoms with Gasteiger partial charge in [0.1, 0.15) is 17.7 Å². The highest BCUT2D eigenvalue weighted by atomic mass is 19.1. The molecular formula is C15H17FN2O. The predicted octanol–water partition coefficient (Wildman–Crippen LogP) is 2.50. The normalized spacial score (nSPS) is 20.3. The zero-order valence-electron chi connectivity index (χ0n) is 11.0. The molecule has 0 radical (unpaired) electrons. The Morgan fingerprint density at radius 1 is 1.53 bits per heavy atom. The molecule has 0 saturated carbocycles. The van der Waals surface area contributed by atoms with E-state index < -0.39 is 5.82 Å². The number of benzene rings is 1. The van der Waals surface area contributed by atoms with E-state index in [0.29, 0.717) is 37.4 Å². The lowest BCUT2D eigenvalue weighted by atomic mass is 9.94. The van der Waals surface area contributed by atoms with Crippen LogP contribution >= 0.6 is 0 Å². The molecule has 19 heavy (non-hydrogen) atoms. The number of nitriles is 1. The average molecular weight is 260 g/mol. The minimum Gasteiger partial charge on any atom is -0.299 e. The third-order valence-corrected chi connectivity index (χ3v) is 3.69. The second kappa shape index (κ2) is 5.94. The van der Waals surface area contributed by atoms with Crippen molar-refractivity contribution in [3.63, 3.8) is 0 Å². The molecule has 1 saturated heterocycles. The molecule has 4 heteroatoms. The van der Waals surface area contributed by atoms with E-state index in [1.807, 2.05) is 13.0 Å². The zero-order chi connectivity index (χ0) is 13.8. The minimum atomic E-state index is -0.435. The first kappa shape index (κ1) is 13.7. The molecule has 1 fully saturated rings. The summed E-state index contributed by atoms with van der Waals surface area (Å²) in [5, 5.41) is 8.82. The number of Topliss-reactive ketones (excluding diaryl/α,β-unsaturated/α-hetero) is 1. The highest BCUT2D eigenvalue weighted by Crippen LogP contribution is 2.20. The first-order chi connectivity index (χ1) is 9.15. The summed E-state index contributed by atoms with van der Waals surface area (Å²) in [5.74, 6) is -0.0593. The SMILES string of the molecule is CCC1CN(Cc2cccc(C#N)c2F)CCC1=O. The molecule has 100 valence electrons. The standard InChI is InChI=1S/C15H17FN2O/c1-2-11-9-18(7-6-14(11)19)10-13-5-3-4-12(8-17)15(13)16/h3-5,11H,2,6-7,9-10H2,1H3. The van der Waals surface area contributed by atoms with Crippen LogP contribution in [0.5, 0.6) is 0 Å². The van der Waals surface area contributed by atoms with Gasteiger partial charge in [0.15, 0.2) is 0 Å². The van der Waals surface area contributed by atoms with Gasteiger partial charge in [0.05, 0.1) is 5.56 Å². The number of piperidine rings is 1. The number of ketones is 1. The number of likely N-dealkylation sites (tertiary alicyclic amines) is 1. The fraction of sp³-hybridized carbons (Fsp3) is 0.467. The minimum absolute atomic E-state index is 0.0657. The van der Waals surface area contributed by atoms with Gasteiger partial charge in [-0.1, -0.05) is 19.1 Å². The van der Waals surface area contributed by atoms with E-state index in [9.17, 15) is 9.18 Å². The zero-order valence-corrected chi connectivity index (χ0v) is 11.0. The Morgan fingerprint density at radius 3 is 3.00 bits per heavy atom. The first-order valence-corrected chi connectivity index (χ1v) is 6.58. The van der Waals surface area contributed by atoms with Crippen LogP contribution in [0.15, 0.2) is 18.2 Å². The van der Waals surface area contributed by atoms with Gasteiger partial charge in [-0.2, -0.15) is 5.26 Å². The van der Waals surface area contributed by atoms with Gasteiger partial charge in [-0.15, -0.1) is 0 Å². The van der Waals surface area contributed by atoms with E-state index >= 15 is 0 Å². The van der Waals surface area contributed by atoms with Crippen molar-refractivity contribution in [1.29, 1.82) is 5.26 Å². The highest BCUT2D eigenvalue weighted by Gasteiger charge is 2.26. The Kier molecular flexibility index (Phi) is 4.28. The summed E-state index contributed by atoms with van der Waals surface area (Å²) < 4.78 is 14.0. The fourth-order valence-corrected chi connectivity index (χ4v) is 2.51. The van der Waals surface area contributed by atoms with Gasteiger partial charge < -0.3 is 0 Å². The van der Waals surface area contributed by atoms with Crippen LogP contribution in [0.25, 0.3) is 0 Å². The van der Waals surface area contributed by atoms with Gasteiger partial charge >= 0.3 is 0 Å². The van der Waals surface area contributed by atoms with Crippen molar-refractivity contribution in [1.82, 2.24) is 4.90 Å². The summed E-state index contributed by atoms with van der Waals surface area (Å²) >= 11 is 0. The van der Waals surface area contributed by atoms with Crippen LogP contribution in [0.1, 0.15) is 30.9 Å². The maximum atomic E-state index is 14.0. The van der Waals surface area contributed by atoms with Crippen LogP contribution in [-0.2, 0) is 11.3 Å². The topological polar surface area (TPSA) is 44.1 Å². The van der Waals surface area contributed by atoms with E-state index in [0.717, 1.165) is 6.42 Å². The van der Waals surface area contributed by atoms with E-state index in [1.165, 1.54) is 6.07 Å². The summed E-state index contributed by atoms with van der Waals surface area (Å²) in [6, 6.07) is 6.73. The molecule has 3 nitrogen and oxygen atoms in total. The van der Waals surface area contributed by atoms with Crippen LogP contribution in [0.4, 0.5) is 4.39 Å². The molecular weight excluding hydrogens is 243 g/mol.